The highest BCUT2D eigenvalue weighted by molar-refractivity contribution is 7.16. The predicted molar refractivity (Wildman–Crippen MR) is 112 cm³/mol. The van der Waals surface area contributed by atoms with Crippen LogP contribution in [0.5, 0.6) is 0 Å². The van der Waals surface area contributed by atoms with Gasteiger partial charge in [-0.2, -0.15) is 0 Å². The first-order valence-electron chi connectivity index (χ1n) is 9.91. The van der Waals surface area contributed by atoms with Crippen molar-refractivity contribution < 1.29 is 9.69 Å². The maximum atomic E-state index is 12.9. The molecule has 1 amide bonds. The molecule has 0 saturated heterocycles. The molecular weight excluding hydrogens is 354 g/mol. The van der Waals surface area contributed by atoms with Crippen molar-refractivity contribution >= 4 is 22.2 Å². The van der Waals surface area contributed by atoms with E-state index in [9.17, 15) is 4.79 Å². The van der Waals surface area contributed by atoms with E-state index in [0.29, 0.717) is 6.04 Å². The van der Waals surface area contributed by atoms with Gasteiger partial charge >= 0.3 is 0 Å². The molecule has 2 aliphatic heterocycles. The Labute approximate surface area is 166 Å². The summed E-state index contributed by atoms with van der Waals surface area (Å²) in [4.78, 5) is 15.9. The van der Waals surface area contributed by atoms with Gasteiger partial charge in [-0.05, 0) is 36.0 Å². The summed E-state index contributed by atoms with van der Waals surface area (Å²) in [5, 5.41) is 7.79. The van der Waals surface area contributed by atoms with Gasteiger partial charge in [-0.1, -0.05) is 45.0 Å². The third kappa shape index (κ3) is 3.39. The van der Waals surface area contributed by atoms with Crippen molar-refractivity contribution in [2.75, 3.05) is 11.9 Å². The van der Waals surface area contributed by atoms with Crippen LogP contribution in [-0.4, -0.2) is 18.5 Å². The average Bonchev–Trinajstić information content (AvgIpc) is 2.99. The van der Waals surface area contributed by atoms with E-state index < -0.39 is 0 Å². The maximum Gasteiger partial charge on any atom is 0.256 e. The Morgan fingerprint density at radius 2 is 1.85 bits per heavy atom. The molecule has 3 N–H and O–H groups in total. The molecule has 2 atom stereocenters. The van der Waals surface area contributed by atoms with Gasteiger partial charge in [0.15, 0.2) is 0 Å². The van der Waals surface area contributed by atoms with Crippen molar-refractivity contribution in [3.05, 3.63) is 51.4 Å². The molecule has 5 heteroatoms. The first-order valence-corrected chi connectivity index (χ1v) is 10.7. The van der Waals surface area contributed by atoms with Gasteiger partial charge in [-0.25, -0.2) is 0 Å². The number of hydrogen-bond donors (Lipinski definition) is 3. The Hall–Kier alpha value is -1.85. The summed E-state index contributed by atoms with van der Waals surface area (Å²) >= 11 is 1.78. The highest BCUT2D eigenvalue weighted by atomic mass is 32.1. The number of carbonyl (C=O) groups is 1. The molecule has 0 spiro atoms. The monoisotopic (exact) mass is 384 g/mol. The van der Waals surface area contributed by atoms with Crippen LogP contribution >= 0.6 is 11.3 Å². The van der Waals surface area contributed by atoms with Crippen LogP contribution in [0, 0.1) is 0 Å². The van der Waals surface area contributed by atoms with Crippen LogP contribution in [0.1, 0.15) is 72.7 Å². The van der Waals surface area contributed by atoms with Gasteiger partial charge in [0.05, 0.1) is 23.0 Å². The van der Waals surface area contributed by atoms with Crippen LogP contribution < -0.4 is 15.5 Å². The van der Waals surface area contributed by atoms with Crippen LogP contribution in [0.15, 0.2) is 24.3 Å². The number of carbonyl (C=O) groups excluding carboxylic acids is 1. The summed E-state index contributed by atoms with van der Waals surface area (Å²) in [7, 11) is 0. The molecule has 27 heavy (non-hydrogen) atoms. The summed E-state index contributed by atoms with van der Waals surface area (Å²) in [5.41, 5.74) is 4.69. The zero-order valence-electron chi connectivity index (χ0n) is 16.9. The van der Waals surface area contributed by atoms with Gasteiger partial charge in [-0.15, -0.1) is 11.3 Å². The fourth-order valence-corrected chi connectivity index (χ4v) is 5.37. The van der Waals surface area contributed by atoms with E-state index in [1.807, 2.05) is 0 Å². The minimum Gasteiger partial charge on any atom is -0.353 e. The molecule has 3 heterocycles. The van der Waals surface area contributed by atoms with E-state index in [0.717, 1.165) is 35.6 Å². The quantitative estimate of drug-likeness (QED) is 0.744. The highest BCUT2D eigenvalue weighted by Gasteiger charge is 2.35. The summed E-state index contributed by atoms with van der Waals surface area (Å²) in [6.07, 6.45) is 0.835. The van der Waals surface area contributed by atoms with Crippen molar-refractivity contribution in [2.24, 2.45) is 0 Å². The molecule has 1 unspecified atom stereocenters. The van der Waals surface area contributed by atoms with Crippen molar-refractivity contribution in [1.29, 1.82) is 0 Å². The number of hydrogen-bond acceptors (Lipinski definition) is 3. The van der Waals surface area contributed by atoms with Gasteiger partial charge in [0.1, 0.15) is 17.7 Å². The predicted octanol–water partition coefficient (Wildman–Crippen LogP) is 3.25. The second kappa shape index (κ2) is 6.64. The Morgan fingerprint density at radius 1 is 1.15 bits per heavy atom. The highest BCUT2D eigenvalue weighted by Crippen LogP contribution is 2.39. The number of rotatable bonds is 2. The number of fused-ring (bicyclic) bond motifs is 3. The molecule has 1 aromatic heterocycles. The topological polar surface area (TPSA) is 45.6 Å². The first-order chi connectivity index (χ1) is 12.7. The molecule has 4 rings (SSSR count). The first kappa shape index (κ1) is 18.5. The Kier molecular flexibility index (Phi) is 4.55. The van der Waals surface area contributed by atoms with Gasteiger partial charge in [0, 0.05) is 6.42 Å². The SMILES string of the molecule is CC(C)[NH+]1CCc2c(sc3c2C(=O)N[C@H](c2ccc(C(C)(C)C)cc2)N3)C1. The minimum atomic E-state index is -0.160. The Balaban J connectivity index is 1.60. The number of amides is 1. The lowest BCUT2D eigenvalue weighted by molar-refractivity contribution is -0.936. The average molecular weight is 385 g/mol. The molecule has 4 nitrogen and oxygen atoms in total. The standard InChI is InChI=1S/C22H29N3OS/c1-13(2)25-11-10-16-17(12-25)27-21-18(16)20(26)23-19(24-21)14-6-8-15(9-7-14)22(3,4)5/h6-9,13,19,24H,10-12H2,1-5H3,(H,23,26)/p+1/t19-/m0/s1. The van der Waals surface area contributed by atoms with E-state index in [2.05, 4.69) is 69.5 Å². The zero-order valence-corrected chi connectivity index (χ0v) is 17.7. The number of quaternary nitrogens is 1. The lowest BCUT2D eigenvalue weighted by atomic mass is 9.86. The van der Waals surface area contributed by atoms with E-state index in [-0.39, 0.29) is 17.5 Å². The Bertz CT molecular complexity index is 861. The number of nitrogens with one attached hydrogen (secondary N) is 3. The van der Waals surface area contributed by atoms with Crippen LogP contribution in [0.4, 0.5) is 5.00 Å². The van der Waals surface area contributed by atoms with E-state index in [4.69, 9.17) is 0 Å². The molecule has 1 aromatic carbocycles. The smallest absolute Gasteiger partial charge is 0.256 e. The molecule has 0 bridgehead atoms. The summed E-state index contributed by atoms with van der Waals surface area (Å²) < 4.78 is 0. The largest absolute Gasteiger partial charge is 0.353 e. The van der Waals surface area contributed by atoms with E-state index in [1.54, 1.807) is 16.2 Å². The second-order valence-corrected chi connectivity index (χ2v) is 10.2. The summed E-state index contributed by atoms with van der Waals surface area (Å²) in [6.45, 7) is 13.3. The molecule has 0 saturated carbocycles. The fourth-order valence-electron chi connectivity index (χ4n) is 4.05. The Morgan fingerprint density at radius 3 is 2.48 bits per heavy atom. The van der Waals surface area contributed by atoms with Gasteiger partial charge in [-0.3, -0.25) is 4.79 Å². The van der Waals surface area contributed by atoms with Gasteiger partial charge in [0.2, 0.25) is 0 Å². The minimum absolute atomic E-state index is 0.0687. The maximum absolute atomic E-state index is 12.9. The summed E-state index contributed by atoms with van der Waals surface area (Å²) in [5.74, 6) is 0.0687. The fraction of sp³-hybridized carbons (Fsp3) is 0.500. The molecule has 0 aliphatic carbocycles. The third-order valence-corrected chi connectivity index (χ3v) is 7.04. The van der Waals surface area contributed by atoms with Gasteiger partial charge in [0.25, 0.3) is 5.91 Å². The van der Waals surface area contributed by atoms with Crippen molar-refractivity contribution in [3.8, 4) is 0 Å². The summed E-state index contributed by atoms with van der Waals surface area (Å²) in [6, 6.07) is 9.21. The number of benzene rings is 1. The third-order valence-electron chi connectivity index (χ3n) is 5.88. The molecule has 2 aliphatic rings. The molecular formula is C22H30N3OS+. The number of anilines is 1. The lowest BCUT2D eigenvalue weighted by Crippen LogP contribution is -3.14. The lowest BCUT2D eigenvalue weighted by Gasteiger charge is -2.29. The molecule has 0 fully saturated rings. The number of thiophene rings is 1. The molecule has 0 radical (unpaired) electrons. The van der Waals surface area contributed by atoms with E-state index in [1.165, 1.54) is 16.0 Å². The van der Waals surface area contributed by atoms with Crippen LogP contribution in [0.3, 0.4) is 0 Å². The van der Waals surface area contributed by atoms with Crippen LogP contribution in [0.2, 0.25) is 0 Å². The second-order valence-electron chi connectivity index (χ2n) is 9.12. The molecule has 144 valence electrons. The van der Waals surface area contributed by atoms with Crippen molar-refractivity contribution in [3.63, 3.8) is 0 Å². The normalized spacial score (nSPS) is 22.1. The van der Waals surface area contributed by atoms with Crippen molar-refractivity contribution in [2.45, 2.75) is 65.2 Å². The molecule has 2 aromatic rings. The van der Waals surface area contributed by atoms with Crippen LogP contribution in [-0.2, 0) is 18.4 Å². The van der Waals surface area contributed by atoms with Gasteiger partial charge < -0.3 is 15.5 Å². The zero-order chi connectivity index (χ0) is 19.3. The van der Waals surface area contributed by atoms with E-state index >= 15 is 0 Å². The van der Waals surface area contributed by atoms with Crippen molar-refractivity contribution in [1.82, 2.24) is 5.32 Å². The van der Waals surface area contributed by atoms with Crippen LogP contribution in [0.25, 0.3) is 0 Å².